The highest BCUT2D eigenvalue weighted by Gasteiger charge is 2.36. The molecule has 3 amide bonds. The van der Waals surface area contributed by atoms with E-state index in [1.54, 1.807) is 4.90 Å². The van der Waals surface area contributed by atoms with E-state index in [1.807, 2.05) is 49.1 Å². The van der Waals surface area contributed by atoms with Crippen LogP contribution in [0.5, 0.6) is 5.75 Å². The maximum absolute atomic E-state index is 12.5. The zero-order valence-corrected chi connectivity index (χ0v) is 17.3. The van der Waals surface area contributed by atoms with Gasteiger partial charge in [-0.05, 0) is 38.8 Å². The number of likely N-dealkylation sites (tertiary alicyclic amines) is 2. The van der Waals surface area contributed by atoms with Crippen LogP contribution in [-0.2, 0) is 14.4 Å². The van der Waals surface area contributed by atoms with Crippen LogP contribution in [0.25, 0.3) is 0 Å². The fraction of sp³-hybridized carbons (Fsp3) is 0.591. The first-order valence-electron chi connectivity index (χ1n) is 10.5. The smallest absolute Gasteiger partial charge is 0.225 e. The van der Waals surface area contributed by atoms with Crippen molar-refractivity contribution >= 4 is 17.7 Å². The summed E-state index contributed by atoms with van der Waals surface area (Å²) >= 11 is 0. The summed E-state index contributed by atoms with van der Waals surface area (Å²) in [5.74, 6) is 0.600. The Morgan fingerprint density at radius 1 is 1.17 bits per heavy atom. The highest BCUT2D eigenvalue weighted by Crippen LogP contribution is 2.21. The SMILES string of the molecule is CC(C)N1CC(C(=O)NC2CCN(C(=O)CCOc3ccccc3)CC2)CC1=O. The minimum Gasteiger partial charge on any atom is -0.493 e. The summed E-state index contributed by atoms with van der Waals surface area (Å²) in [6.07, 6.45) is 2.13. The summed E-state index contributed by atoms with van der Waals surface area (Å²) in [4.78, 5) is 40.5. The Morgan fingerprint density at radius 2 is 1.86 bits per heavy atom. The van der Waals surface area contributed by atoms with E-state index in [0.717, 1.165) is 18.6 Å². The van der Waals surface area contributed by atoms with Gasteiger partial charge in [0.2, 0.25) is 17.7 Å². The number of ether oxygens (including phenoxy) is 1. The Balaban J connectivity index is 1.36. The number of benzene rings is 1. The predicted octanol–water partition coefficient (Wildman–Crippen LogP) is 1.82. The van der Waals surface area contributed by atoms with Crippen LogP contribution in [0.2, 0.25) is 0 Å². The van der Waals surface area contributed by atoms with Crippen molar-refractivity contribution in [3.05, 3.63) is 30.3 Å². The first kappa shape index (κ1) is 21.1. The van der Waals surface area contributed by atoms with Crippen molar-refractivity contribution in [2.24, 2.45) is 5.92 Å². The summed E-state index contributed by atoms with van der Waals surface area (Å²) in [5, 5.41) is 3.08. The third kappa shape index (κ3) is 5.71. The normalized spacial score (nSPS) is 20.2. The lowest BCUT2D eigenvalue weighted by atomic mass is 10.0. The minimum absolute atomic E-state index is 0.0393. The number of hydrogen-bond donors (Lipinski definition) is 1. The molecule has 2 aliphatic rings. The monoisotopic (exact) mass is 401 g/mol. The third-order valence-electron chi connectivity index (χ3n) is 5.67. The van der Waals surface area contributed by atoms with Crippen molar-refractivity contribution in [3.8, 4) is 5.75 Å². The van der Waals surface area contributed by atoms with Gasteiger partial charge in [-0.15, -0.1) is 0 Å². The second-order valence-electron chi connectivity index (χ2n) is 8.12. The van der Waals surface area contributed by atoms with E-state index >= 15 is 0 Å². The van der Waals surface area contributed by atoms with Crippen LogP contribution in [0.1, 0.15) is 39.5 Å². The van der Waals surface area contributed by atoms with Crippen LogP contribution in [0.4, 0.5) is 0 Å². The Morgan fingerprint density at radius 3 is 2.48 bits per heavy atom. The number of nitrogens with one attached hydrogen (secondary N) is 1. The lowest BCUT2D eigenvalue weighted by Crippen LogP contribution is -2.48. The lowest BCUT2D eigenvalue weighted by Gasteiger charge is -2.33. The van der Waals surface area contributed by atoms with Crippen molar-refractivity contribution in [3.63, 3.8) is 0 Å². The fourth-order valence-electron chi connectivity index (χ4n) is 3.93. The summed E-state index contributed by atoms with van der Waals surface area (Å²) in [5.41, 5.74) is 0. The van der Waals surface area contributed by atoms with Gasteiger partial charge in [0, 0.05) is 38.1 Å². The van der Waals surface area contributed by atoms with E-state index in [4.69, 9.17) is 4.74 Å². The van der Waals surface area contributed by atoms with Crippen LogP contribution >= 0.6 is 0 Å². The number of carbonyl (C=O) groups excluding carboxylic acids is 3. The van der Waals surface area contributed by atoms with Crippen molar-refractivity contribution in [2.45, 2.75) is 51.6 Å². The third-order valence-corrected chi connectivity index (χ3v) is 5.67. The van der Waals surface area contributed by atoms with Gasteiger partial charge in [0.1, 0.15) is 5.75 Å². The van der Waals surface area contributed by atoms with Gasteiger partial charge in [0.25, 0.3) is 0 Å². The molecule has 0 aromatic heterocycles. The number of carbonyl (C=O) groups is 3. The van der Waals surface area contributed by atoms with E-state index in [0.29, 0.717) is 39.1 Å². The van der Waals surface area contributed by atoms with Gasteiger partial charge in [0.15, 0.2) is 0 Å². The molecule has 0 spiro atoms. The maximum atomic E-state index is 12.5. The second kappa shape index (κ2) is 9.76. The molecule has 7 nitrogen and oxygen atoms in total. The molecule has 0 radical (unpaired) electrons. The van der Waals surface area contributed by atoms with Crippen LogP contribution in [-0.4, -0.2) is 65.8 Å². The van der Waals surface area contributed by atoms with E-state index in [2.05, 4.69) is 5.32 Å². The van der Waals surface area contributed by atoms with Crippen LogP contribution in [0.3, 0.4) is 0 Å². The molecule has 1 aromatic rings. The standard InChI is InChI=1S/C22H31N3O4/c1-16(2)25-15-17(14-21(25)27)22(28)23-18-8-11-24(12-9-18)20(26)10-13-29-19-6-4-3-5-7-19/h3-7,16-18H,8-15H2,1-2H3,(H,23,28). The van der Waals surface area contributed by atoms with E-state index in [1.165, 1.54) is 0 Å². The number of rotatable bonds is 7. The Bertz CT molecular complexity index is 714. The zero-order chi connectivity index (χ0) is 20.8. The van der Waals surface area contributed by atoms with Gasteiger partial charge in [-0.2, -0.15) is 0 Å². The van der Waals surface area contributed by atoms with Gasteiger partial charge in [0.05, 0.1) is 18.9 Å². The molecule has 29 heavy (non-hydrogen) atoms. The van der Waals surface area contributed by atoms with Crippen LogP contribution < -0.4 is 10.1 Å². The number of piperidine rings is 1. The topological polar surface area (TPSA) is 79.0 Å². The molecule has 1 unspecified atom stereocenters. The number of para-hydroxylation sites is 1. The molecule has 0 aliphatic carbocycles. The molecule has 1 atom stereocenters. The van der Waals surface area contributed by atoms with Gasteiger partial charge < -0.3 is 19.9 Å². The quantitative estimate of drug-likeness (QED) is 0.756. The van der Waals surface area contributed by atoms with E-state index in [9.17, 15) is 14.4 Å². The predicted molar refractivity (Wildman–Crippen MR) is 109 cm³/mol. The Hall–Kier alpha value is -2.57. The molecule has 2 heterocycles. The zero-order valence-electron chi connectivity index (χ0n) is 17.3. The Kier molecular flexibility index (Phi) is 7.12. The average molecular weight is 402 g/mol. The summed E-state index contributed by atoms with van der Waals surface area (Å²) in [6, 6.07) is 9.66. The number of amides is 3. The van der Waals surface area contributed by atoms with Gasteiger partial charge >= 0.3 is 0 Å². The minimum atomic E-state index is -0.264. The average Bonchev–Trinajstić information content (AvgIpc) is 3.11. The second-order valence-corrected chi connectivity index (χ2v) is 8.12. The van der Waals surface area contributed by atoms with Crippen molar-refractivity contribution in [2.75, 3.05) is 26.2 Å². The first-order chi connectivity index (χ1) is 13.9. The lowest BCUT2D eigenvalue weighted by molar-refractivity contribution is -0.133. The largest absolute Gasteiger partial charge is 0.493 e. The molecule has 0 bridgehead atoms. The van der Waals surface area contributed by atoms with E-state index in [-0.39, 0.29) is 35.7 Å². The van der Waals surface area contributed by atoms with Gasteiger partial charge in [-0.25, -0.2) is 0 Å². The molecule has 158 valence electrons. The van der Waals surface area contributed by atoms with Gasteiger partial charge in [-0.1, -0.05) is 18.2 Å². The molecule has 0 saturated carbocycles. The fourth-order valence-corrected chi connectivity index (χ4v) is 3.93. The summed E-state index contributed by atoms with van der Waals surface area (Å²) < 4.78 is 5.60. The molecule has 3 rings (SSSR count). The van der Waals surface area contributed by atoms with Crippen molar-refractivity contribution < 1.29 is 19.1 Å². The van der Waals surface area contributed by atoms with Crippen LogP contribution in [0, 0.1) is 5.92 Å². The molecule has 1 N–H and O–H groups in total. The maximum Gasteiger partial charge on any atom is 0.225 e. The van der Waals surface area contributed by atoms with Gasteiger partial charge in [-0.3, -0.25) is 14.4 Å². The van der Waals surface area contributed by atoms with Crippen molar-refractivity contribution in [1.82, 2.24) is 15.1 Å². The summed E-state index contributed by atoms with van der Waals surface area (Å²) in [7, 11) is 0. The summed E-state index contributed by atoms with van der Waals surface area (Å²) in [6.45, 7) is 6.07. The number of hydrogen-bond acceptors (Lipinski definition) is 4. The number of nitrogens with zero attached hydrogens (tertiary/aromatic N) is 2. The van der Waals surface area contributed by atoms with Crippen LogP contribution in [0.15, 0.2) is 30.3 Å². The van der Waals surface area contributed by atoms with Crippen molar-refractivity contribution in [1.29, 1.82) is 0 Å². The first-order valence-corrected chi connectivity index (χ1v) is 10.5. The molecule has 2 saturated heterocycles. The highest BCUT2D eigenvalue weighted by atomic mass is 16.5. The molecular formula is C22H31N3O4. The molecule has 7 heteroatoms. The Labute approximate surface area is 172 Å². The molecular weight excluding hydrogens is 370 g/mol. The molecule has 1 aromatic carbocycles. The highest BCUT2D eigenvalue weighted by molar-refractivity contribution is 5.89. The van der Waals surface area contributed by atoms with E-state index < -0.39 is 0 Å². The molecule has 2 aliphatic heterocycles. The molecule has 2 fully saturated rings.